The van der Waals surface area contributed by atoms with Crippen molar-refractivity contribution in [3.8, 4) is 0 Å². The first-order chi connectivity index (χ1) is 9.99. The molecule has 0 saturated carbocycles. The van der Waals surface area contributed by atoms with Crippen LogP contribution in [0.1, 0.15) is 16.1 Å². The van der Waals surface area contributed by atoms with Gasteiger partial charge in [-0.05, 0) is 12.1 Å². The van der Waals surface area contributed by atoms with Crippen molar-refractivity contribution in [1.29, 1.82) is 0 Å². The van der Waals surface area contributed by atoms with Crippen molar-refractivity contribution in [3.63, 3.8) is 0 Å². The van der Waals surface area contributed by atoms with Crippen LogP contribution in [0.25, 0.3) is 0 Å². The fraction of sp³-hybridized carbons (Fsp3) is 0.154. The Kier molecular flexibility index (Phi) is 4.39. The van der Waals surface area contributed by atoms with Crippen molar-refractivity contribution in [2.45, 2.75) is 6.54 Å². The number of aromatic nitrogens is 1. The first kappa shape index (κ1) is 14.8. The van der Waals surface area contributed by atoms with Crippen LogP contribution in [0.15, 0.2) is 34.4 Å². The summed E-state index contributed by atoms with van der Waals surface area (Å²) in [5.74, 6) is -1.10. The third kappa shape index (κ3) is 3.48. The van der Waals surface area contributed by atoms with Crippen LogP contribution in [0.4, 0.5) is 10.5 Å². The summed E-state index contributed by atoms with van der Waals surface area (Å²) in [6.07, 6.45) is 0. The third-order valence-electron chi connectivity index (χ3n) is 2.80. The molecule has 2 rings (SSSR count). The number of carboxylic acid groups (broad SMARTS) is 1. The van der Waals surface area contributed by atoms with Crippen LogP contribution >= 0.6 is 11.3 Å². The van der Waals surface area contributed by atoms with E-state index in [0.29, 0.717) is 11.4 Å². The molecule has 0 radical (unpaired) electrons. The number of anilines is 1. The summed E-state index contributed by atoms with van der Waals surface area (Å²) < 4.78 is 0. The Morgan fingerprint density at radius 1 is 1.38 bits per heavy atom. The highest BCUT2D eigenvalue weighted by molar-refractivity contribution is 7.07. The van der Waals surface area contributed by atoms with Crippen molar-refractivity contribution in [2.75, 3.05) is 11.9 Å². The highest BCUT2D eigenvalue weighted by Gasteiger charge is 2.17. The number of rotatable bonds is 4. The molecule has 0 bridgehead atoms. The van der Waals surface area contributed by atoms with E-state index in [1.54, 1.807) is 23.6 Å². The van der Waals surface area contributed by atoms with Gasteiger partial charge in [0.25, 0.3) is 0 Å². The number of aromatic amines is 1. The molecule has 110 valence electrons. The minimum absolute atomic E-state index is 0.0408. The lowest BCUT2D eigenvalue weighted by molar-refractivity contribution is 0.0697. The normalized spacial score (nSPS) is 10.1. The first-order valence-corrected chi connectivity index (χ1v) is 6.87. The maximum atomic E-state index is 12.0. The Morgan fingerprint density at radius 2 is 2.10 bits per heavy atom. The number of carboxylic acids is 1. The van der Waals surface area contributed by atoms with Gasteiger partial charge in [0.1, 0.15) is 0 Å². The van der Waals surface area contributed by atoms with Gasteiger partial charge >= 0.3 is 16.9 Å². The molecular weight excluding hydrogens is 294 g/mol. The summed E-state index contributed by atoms with van der Waals surface area (Å²) in [5, 5.41) is 13.3. The molecular formula is C13H13N3O4S. The van der Waals surface area contributed by atoms with Crippen molar-refractivity contribution >= 4 is 29.0 Å². The van der Waals surface area contributed by atoms with Crippen LogP contribution in [-0.2, 0) is 6.54 Å². The maximum absolute atomic E-state index is 12.0. The van der Waals surface area contributed by atoms with Gasteiger partial charge in [-0.15, -0.1) is 0 Å². The lowest BCUT2D eigenvalue weighted by atomic mass is 10.1. The number of nitrogens with zero attached hydrogens (tertiary/aromatic N) is 1. The van der Waals surface area contributed by atoms with Gasteiger partial charge in [0.15, 0.2) is 0 Å². The monoisotopic (exact) mass is 307 g/mol. The van der Waals surface area contributed by atoms with E-state index < -0.39 is 12.0 Å². The number of amides is 2. The van der Waals surface area contributed by atoms with E-state index in [0.717, 1.165) is 11.3 Å². The van der Waals surface area contributed by atoms with Crippen LogP contribution in [-0.4, -0.2) is 29.1 Å². The quantitative estimate of drug-likeness (QED) is 0.796. The van der Waals surface area contributed by atoms with E-state index in [1.807, 2.05) is 0 Å². The predicted molar refractivity (Wildman–Crippen MR) is 79.0 cm³/mol. The summed E-state index contributed by atoms with van der Waals surface area (Å²) >= 11 is 1.01. The smallest absolute Gasteiger partial charge is 0.337 e. The number of para-hydroxylation sites is 1. The molecule has 7 nitrogen and oxygen atoms in total. The zero-order chi connectivity index (χ0) is 15.4. The molecule has 8 heteroatoms. The fourth-order valence-corrected chi connectivity index (χ4v) is 2.33. The largest absolute Gasteiger partial charge is 0.478 e. The highest BCUT2D eigenvalue weighted by Crippen LogP contribution is 2.19. The highest BCUT2D eigenvalue weighted by atomic mass is 32.1. The second kappa shape index (κ2) is 6.23. The van der Waals surface area contributed by atoms with Gasteiger partial charge in [-0.3, -0.25) is 9.69 Å². The number of hydrogen-bond acceptors (Lipinski definition) is 4. The van der Waals surface area contributed by atoms with Gasteiger partial charge in [0.2, 0.25) is 0 Å². The predicted octanol–water partition coefficient (Wildman–Crippen LogP) is 1.48. The Morgan fingerprint density at radius 3 is 2.71 bits per heavy atom. The van der Waals surface area contributed by atoms with Gasteiger partial charge in [0.05, 0.1) is 17.8 Å². The fourth-order valence-electron chi connectivity index (χ4n) is 1.75. The van der Waals surface area contributed by atoms with Crippen molar-refractivity contribution < 1.29 is 14.7 Å². The molecule has 0 aliphatic heterocycles. The molecule has 0 saturated heterocycles. The van der Waals surface area contributed by atoms with Crippen molar-refractivity contribution in [2.24, 2.45) is 0 Å². The number of carbonyl (C=O) groups is 2. The Labute approximate surface area is 123 Å². The third-order valence-corrected chi connectivity index (χ3v) is 3.52. The molecule has 0 aliphatic carbocycles. The molecule has 3 N–H and O–H groups in total. The van der Waals surface area contributed by atoms with Crippen molar-refractivity contribution in [3.05, 3.63) is 50.6 Å². The van der Waals surface area contributed by atoms with E-state index >= 15 is 0 Å². The molecule has 0 unspecified atom stereocenters. The number of nitrogens with one attached hydrogen (secondary N) is 2. The summed E-state index contributed by atoms with van der Waals surface area (Å²) in [5.41, 5.74) is 0.929. The summed E-state index contributed by atoms with van der Waals surface area (Å²) in [7, 11) is 1.48. The molecule has 2 amide bonds. The second-order valence-corrected chi connectivity index (χ2v) is 5.06. The van der Waals surface area contributed by atoms with Crippen molar-refractivity contribution in [1.82, 2.24) is 10.3 Å². The molecule has 1 aromatic carbocycles. The maximum Gasteiger partial charge on any atom is 0.337 e. The van der Waals surface area contributed by atoms with Crippen LogP contribution in [0, 0.1) is 0 Å². The average molecular weight is 307 g/mol. The molecule has 0 spiro atoms. The molecule has 0 fully saturated rings. The molecule has 1 aromatic heterocycles. The lowest BCUT2D eigenvalue weighted by Gasteiger charge is -2.19. The van der Waals surface area contributed by atoms with Crippen LogP contribution < -0.4 is 15.1 Å². The molecule has 21 heavy (non-hydrogen) atoms. The Balaban J connectivity index is 2.09. The summed E-state index contributed by atoms with van der Waals surface area (Å²) in [6, 6.07) is 5.76. The van der Waals surface area contributed by atoms with E-state index in [9.17, 15) is 14.4 Å². The van der Waals surface area contributed by atoms with E-state index in [2.05, 4.69) is 10.3 Å². The van der Waals surface area contributed by atoms with Crippen LogP contribution in [0.3, 0.4) is 0 Å². The molecule has 2 aromatic rings. The van der Waals surface area contributed by atoms with Gasteiger partial charge in [-0.1, -0.05) is 23.5 Å². The van der Waals surface area contributed by atoms with Gasteiger partial charge in [-0.2, -0.15) is 0 Å². The number of carbonyl (C=O) groups excluding carboxylic acids is 1. The van der Waals surface area contributed by atoms with E-state index in [4.69, 9.17) is 5.11 Å². The second-order valence-electron chi connectivity index (χ2n) is 4.21. The minimum Gasteiger partial charge on any atom is -0.478 e. The molecule has 0 atom stereocenters. The topological polar surface area (TPSA) is 103 Å². The number of H-pyrrole nitrogens is 1. The molecule has 0 aliphatic rings. The molecule has 1 heterocycles. The number of hydrogen-bond donors (Lipinski definition) is 3. The van der Waals surface area contributed by atoms with Gasteiger partial charge in [0, 0.05) is 18.1 Å². The zero-order valence-corrected chi connectivity index (χ0v) is 11.9. The number of thiazole rings is 1. The SMILES string of the molecule is CN(C(=O)NCc1csc(=O)[nH]1)c1ccccc1C(=O)O. The summed E-state index contributed by atoms with van der Waals surface area (Å²) in [6.45, 7) is 0.164. The lowest BCUT2D eigenvalue weighted by Crippen LogP contribution is -2.37. The number of benzene rings is 1. The van der Waals surface area contributed by atoms with E-state index in [-0.39, 0.29) is 17.0 Å². The Bertz CT molecular complexity index is 722. The minimum atomic E-state index is -1.10. The standard InChI is InChI=1S/C13H13N3O4S/c1-16(10-5-3-2-4-9(10)11(17)18)12(19)14-6-8-7-21-13(20)15-8/h2-5,7H,6H2,1H3,(H,14,19)(H,15,20)(H,17,18). The summed E-state index contributed by atoms with van der Waals surface area (Å²) in [4.78, 5) is 37.8. The Hall–Kier alpha value is -2.61. The van der Waals surface area contributed by atoms with E-state index in [1.165, 1.54) is 18.0 Å². The van der Waals surface area contributed by atoms with Crippen LogP contribution in [0.2, 0.25) is 0 Å². The van der Waals surface area contributed by atoms with Gasteiger partial charge in [-0.25, -0.2) is 9.59 Å². The first-order valence-electron chi connectivity index (χ1n) is 5.99. The zero-order valence-electron chi connectivity index (χ0n) is 11.1. The van der Waals surface area contributed by atoms with Gasteiger partial charge < -0.3 is 15.4 Å². The average Bonchev–Trinajstić information content (AvgIpc) is 2.89. The van der Waals surface area contributed by atoms with Crippen LogP contribution in [0.5, 0.6) is 0 Å². The number of aromatic carboxylic acids is 1. The number of urea groups is 1.